The molecule has 1 amide bonds. The third-order valence-corrected chi connectivity index (χ3v) is 4.69. The van der Waals surface area contributed by atoms with Gasteiger partial charge in [0.25, 0.3) is 0 Å². The van der Waals surface area contributed by atoms with Crippen molar-refractivity contribution in [1.29, 1.82) is 0 Å². The van der Waals surface area contributed by atoms with E-state index in [-0.39, 0.29) is 18.2 Å². The van der Waals surface area contributed by atoms with E-state index in [2.05, 4.69) is 12.2 Å². The molecule has 0 aromatic rings. The van der Waals surface area contributed by atoms with Crippen molar-refractivity contribution in [2.45, 2.75) is 77.2 Å². The minimum absolute atomic E-state index is 0.0480. The van der Waals surface area contributed by atoms with Crippen molar-refractivity contribution >= 4 is 6.09 Å². The molecule has 0 bridgehead atoms. The van der Waals surface area contributed by atoms with Crippen molar-refractivity contribution in [3.05, 3.63) is 0 Å². The number of nitrogens with zero attached hydrogens (tertiary/aromatic N) is 1. The highest BCUT2D eigenvalue weighted by Crippen LogP contribution is 2.25. The first-order valence-corrected chi connectivity index (χ1v) is 8.55. The van der Waals surface area contributed by atoms with Crippen LogP contribution < -0.4 is 5.32 Å². The number of ether oxygens (including phenoxy) is 2. The van der Waals surface area contributed by atoms with Gasteiger partial charge in [-0.25, -0.2) is 4.79 Å². The van der Waals surface area contributed by atoms with Gasteiger partial charge in [-0.2, -0.15) is 0 Å². The molecule has 0 spiro atoms. The maximum atomic E-state index is 12.2. The smallest absolute Gasteiger partial charge is 0.410 e. The summed E-state index contributed by atoms with van der Waals surface area (Å²) in [5.41, 5.74) is -0.454. The van der Waals surface area contributed by atoms with Gasteiger partial charge in [-0.05, 0) is 52.4 Å². The van der Waals surface area contributed by atoms with E-state index in [4.69, 9.17) is 9.47 Å². The molecule has 128 valence electrons. The summed E-state index contributed by atoms with van der Waals surface area (Å²) in [5.74, 6) is 0.845. The van der Waals surface area contributed by atoms with Crippen molar-refractivity contribution < 1.29 is 14.3 Å². The molecule has 22 heavy (non-hydrogen) atoms. The minimum atomic E-state index is -0.454. The predicted octanol–water partition coefficient (Wildman–Crippen LogP) is 2.79. The Labute approximate surface area is 134 Å². The van der Waals surface area contributed by atoms with Crippen LogP contribution in [-0.4, -0.2) is 55.0 Å². The summed E-state index contributed by atoms with van der Waals surface area (Å²) < 4.78 is 11.1. The second-order valence-electron chi connectivity index (χ2n) is 7.89. The molecular formula is C17H32N2O3. The molecule has 1 saturated carbocycles. The van der Waals surface area contributed by atoms with Crippen molar-refractivity contribution in [2.75, 3.05) is 20.2 Å². The molecule has 5 heteroatoms. The Kier molecular flexibility index (Phi) is 5.72. The molecule has 1 aliphatic heterocycles. The number of hydrogen-bond donors (Lipinski definition) is 1. The molecule has 2 atom stereocenters. The molecule has 0 radical (unpaired) electrons. The van der Waals surface area contributed by atoms with E-state index in [1.807, 2.05) is 20.8 Å². The van der Waals surface area contributed by atoms with E-state index >= 15 is 0 Å². The third-order valence-electron chi connectivity index (χ3n) is 4.69. The Balaban J connectivity index is 1.88. The van der Waals surface area contributed by atoms with E-state index in [9.17, 15) is 4.79 Å². The summed E-state index contributed by atoms with van der Waals surface area (Å²) in [4.78, 5) is 14.0. The van der Waals surface area contributed by atoms with Crippen LogP contribution in [0.25, 0.3) is 0 Å². The number of nitrogens with one attached hydrogen (secondary N) is 1. The van der Waals surface area contributed by atoms with E-state index in [0.717, 1.165) is 5.92 Å². The zero-order chi connectivity index (χ0) is 16.3. The molecule has 1 unspecified atom stereocenters. The van der Waals surface area contributed by atoms with Crippen LogP contribution in [0.1, 0.15) is 53.4 Å². The lowest BCUT2D eigenvalue weighted by Crippen LogP contribution is -2.47. The Bertz CT molecular complexity index is 373. The van der Waals surface area contributed by atoms with Gasteiger partial charge >= 0.3 is 6.09 Å². The molecule has 5 nitrogen and oxygen atoms in total. The summed E-state index contributed by atoms with van der Waals surface area (Å²) >= 11 is 0. The van der Waals surface area contributed by atoms with E-state index in [1.165, 1.54) is 25.7 Å². The average molecular weight is 312 g/mol. The molecule has 1 aliphatic carbocycles. The lowest BCUT2D eigenvalue weighted by molar-refractivity contribution is 0.0252. The summed E-state index contributed by atoms with van der Waals surface area (Å²) in [6, 6.07) is 0.758. The Hall–Kier alpha value is -0.810. The number of methoxy groups -OCH3 is 1. The number of amides is 1. The molecule has 2 fully saturated rings. The quantitative estimate of drug-likeness (QED) is 0.870. The van der Waals surface area contributed by atoms with Gasteiger partial charge in [-0.3, -0.25) is 0 Å². The van der Waals surface area contributed by atoms with E-state index < -0.39 is 5.60 Å². The lowest BCUT2D eigenvalue weighted by Gasteiger charge is -2.31. The molecule has 1 saturated heterocycles. The summed E-state index contributed by atoms with van der Waals surface area (Å²) in [6.07, 6.45) is 4.83. The van der Waals surface area contributed by atoms with Gasteiger partial charge in [0, 0.05) is 19.7 Å². The second kappa shape index (κ2) is 7.18. The molecule has 0 aromatic heterocycles. The van der Waals surface area contributed by atoms with Crippen LogP contribution in [-0.2, 0) is 9.47 Å². The van der Waals surface area contributed by atoms with Gasteiger partial charge in [0.2, 0.25) is 0 Å². The van der Waals surface area contributed by atoms with Gasteiger partial charge in [0.05, 0.1) is 18.7 Å². The van der Waals surface area contributed by atoms with Crippen LogP contribution >= 0.6 is 0 Å². The largest absolute Gasteiger partial charge is 0.444 e. The number of carbonyl (C=O) groups is 1. The standard InChI is InChI=1S/C17H32N2O3/c1-12-6-8-13(9-7-12)18-14-10-19(11-15(14)21-5)16(20)22-17(2,3)4/h12-15,18H,6-11H2,1-5H3/t12?,13?,14?,15-/m0/s1. The van der Waals surface area contributed by atoms with Crippen LogP contribution in [0.15, 0.2) is 0 Å². The third kappa shape index (κ3) is 4.85. The maximum Gasteiger partial charge on any atom is 0.410 e. The van der Waals surface area contributed by atoms with Crippen molar-refractivity contribution in [2.24, 2.45) is 5.92 Å². The fourth-order valence-corrected chi connectivity index (χ4v) is 3.38. The summed E-state index contributed by atoms with van der Waals surface area (Å²) in [6.45, 7) is 9.29. The highest BCUT2D eigenvalue weighted by atomic mass is 16.6. The van der Waals surface area contributed by atoms with Crippen LogP contribution in [0.4, 0.5) is 4.79 Å². The zero-order valence-corrected chi connectivity index (χ0v) is 14.7. The van der Waals surface area contributed by atoms with Gasteiger partial charge in [0.15, 0.2) is 0 Å². The first-order valence-electron chi connectivity index (χ1n) is 8.55. The second-order valence-corrected chi connectivity index (χ2v) is 7.89. The van der Waals surface area contributed by atoms with Crippen molar-refractivity contribution in [1.82, 2.24) is 10.2 Å². The molecule has 1 heterocycles. The Morgan fingerprint density at radius 2 is 1.77 bits per heavy atom. The van der Waals surface area contributed by atoms with Gasteiger partial charge in [-0.1, -0.05) is 6.92 Å². The number of rotatable bonds is 3. The molecule has 2 rings (SSSR count). The first kappa shape index (κ1) is 17.5. The summed E-state index contributed by atoms with van der Waals surface area (Å²) in [7, 11) is 1.72. The van der Waals surface area contributed by atoms with Crippen LogP contribution in [0.5, 0.6) is 0 Å². The van der Waals surface area contributed by atoms with Crippen LogP contribution in [0.2, 0.25) is 0 Å². The zero-order valence-electron chi connectivity index (χ0n) is 14.7. The molecule has 2 aliphatic rings. The van der Waals surface area contributed by atoms with E-state index in [0.29, 0.717) is 19.1 Å². The molecule has 0 aromatic carbocycles. The number of carbonyl (C=O) groups excluding carboxylic acids is 1. The topological polar surface area (TPSA) is 50.8 Å². The number of likely N-dealkylation sites (tertiary alicyclic amines) is 1. The van der Waals surface area contributed by atoms with Crippen LogP contribution in [0.3, 0.4) is 0 Å². The maximum absolute atomic E-state index is 12.2. The highest BCUT2D eigenvalue weighted by molar-refractivity contribution is 5.68. The molecular weight excluding hydrogens is 280 g/mol. The fourth-order valence-electron chi connectivity index (χ4n) is 3.38. The minimum Gasteiger partial charge on any atom is -0.444 e. The lowest BCUT2D eigenvalue weighted by atomic mass is 9.87. The fraction of sp³-hybridized carbons (Fsp3) is 0.941. The van der Waals surface area contributed by atoms with Crippen molar-refractivity contribution in [3.8, 4) is 0 Å². The predicted molar refractivity (Wildman–Crippen MR) is 86.9 cm³/mol. The van der Waals surface area contributed by atoms with Crippen LogP contribution in [0, 0.1) is 5.92 Å². The first-order chi connectivity index (χ1) is 10.3. The Morgan fingerprint density at radius 3 is 2.32 bits per heavy atom. The van der Waals surface area contributed by atoms with Gasteiger partial charge in [-0.15, -0.1) is 0 Å². The summed E-state index contributed by atoms with van der Waals surface area (Å²) in [5, 5.41) is 3.71. The SMILES string of the molecule is CO[C@H]1CN(C(=O)OC(C)(C)C)CC1NC1CCC(C)CC1. The molecule has 1 N–H and O–H groups in total. The average Bonchev–Trinajstić information content (AvgIpc) is 2.83. The van der Waals surface area contributed by atoms with E-state index in [1.54, 1.807) is 12.0 Å². The van der Waals surface area contributed by atoms with Gasteiger partial charge < -0.3 is 19.7 Å². The van der Waals surface area contributed by atoms with Crippen molar-refractivity contribution in [3.63, 3.8) is 0 Å². The highest BCUT2D eigenvalue weighted by Gasteiger charge is 2.38. The monoisotopic (exact) mass is 312 g/mol. The Morgan fingerprint density at radius 1 is 1.14 bits per heavy atom. The normalized spacial score (nSPS) is 33.0. The van der Waals surface area contributed by atoms with Gasteiger partial charge in [0.1, 0.15) is 5.60 Å². The number of hydrogen-bond acceptors (Lipinski definition) is 4.